The molecular weight excluding hydrogens is 208 g/mol. The van der Waals surface area contributed by atoms with Crippen molar-refractivity contribution in [1.29, 1.82) is 0 Å². The maximum atomic E-state index is 9.08. The van der Waals surface area contributed by atoms with Gasteiger partial charge in [-0.1, -0.05) is 6.08 Å². The quantitative estimate of drug-likeness (QED) is 0.417. The molecule has 0 fully saturated rings. The van der Waals surface area contributed by atoms with E-state index in [-0.39, 0.29) is 11.8 Å². The molecule has 1 aromatic rings. The Kier molecular flexibility index (Phi) is 4.12. The molecule has 0 amide bonds. The Labute approximate surface area is 94.8 Å². The number of aromatic hydroxyl groups is 1. The second kappa shape index (κ2) is 5.36. The Morgan fingerprint density at radius 2 is 2.07 bits per heavy atom. The van der Waals surface area contributed by atoms with E-state index in [0.29, 0.717) is 5.11 Å². The minimum Gasteiger partial charge on any atom is -0.508 e. The van der Waals surface area contributed by atoms with Crippen molar-refractivity contribution < 1.29 is 5.11 Å². The highest BCUT2D eigenvalue weighted by molar-refractivity contribution is 7.80. The van der Waals surface area contributed by atoms with Gasteiger partial charge in [0, 0.05) is 11.7 Å². The van der Waals surface area contributed by atoms with Crippen LogP contribution in [-0.2, 0) is 0 Å². The Balaban J connectivity index is 2.51. The molecule has 0 aliphatic heterocycles. The molecule has 1 atom stereocenters. The molecule has 15 heavy (non-hydrogen) atoms. The van der Waals surface area contributed by atoms with Crippen molar-refractivity contribution >= 4 is 23.0 Å². The molecule has 1 aromatic carbocycles. The fourth-order valence-corrected chi connectivity index (χ4v) is 1.28. The van der Waals surface area contributed by atoms with Gasteiger partial charge < -0.3 is 15.7 Å². The van der Waals surface area contributed by atoms with E-state index in [1.807, 2.05) is 6.92 Å². The van der Waals surface area contributed by atoms with E-state index in [0.717, 1.165) is 5.69 Å². The molecule has 0 radical (unpaired) electrons. The summed E-state index contributed by atoms with van der Waals surface area (Å²) in [6.07, 6.45) is 1.77. The van der Waals surface area contributed by atoms with Gasteiger partial charge in [-0.2, -0.15) is 0 Å². The number of phenolic OH excluding ortho intramolecular Hbond substituents is 1. The lowest BCUT2D eigenvalue weighted by Gasteiger charge is -2.13. The number of hydrogen-bond acceptors (Lipinski definition) is 2. The summed E-state index contributed by atoms with van der Waals surface area (Å²) in [5.74, 6) is 0.235. The second-order valence-electron chi connectivity index (χ2n) is 3.17. The summed E-state index contributed by atoms with van der Waals surface area (Å²) in [5.41, 5.74) is 0.835. The molecule has 0 saturated carbocycles. The van der Waals surface area contributed by atoms with E-state index in [4.69, 9.17) is 17.3 Å². The second-order valence-corrected chi connectivity index (χ2v) is 3.58. The summed E-state index contributed by atoms with van der Waals surface area (Å²) in [5, 5.41) is 15.6. The third-order valence-corrected chi connectivity index (χ3v) is 2.06. The van der Waals surface area contributed by atoms with Crippen molar-refractivity contribution in [1.82, 2.24) is 5.32 Å². The zero-order valence-corrected chi connectivity index (χ0v) is 9.34. The highest BCUT2D eigenvalue weighted by atomic mass is 32.1. The first-order chi connectivity index (χ1) is 7.11. The summed E-state index contributed by atoms with van der Waals surface area (Å²) < 4.78 is 0. The van der Waals surface area contributed by atoms with Gasteiger partial charge in [-0.05, 0) is 43.4 Å². The molecule has 0 heterocycles. The molecule has 0 spiro atoms. The van der Waals surface area contributed by atoms with Gasteiger partial charge in [0.05, 0.1) is 0 Å². The number of anilines is 1. The van der Waals surface area contributed by atoms with Gasteiger partial charge in [0.15, 0.2) is 5.11 Å². The van der Waals surface area contributed by atoms with E-state index in [1.54, 1.807) is 30.3 Å². The first-order valence-electron chi connectivity index (χ1n) is 4.61. The van der Waals surface area contributed by atoms with E-state index in [2.05, 4.69) is 17.2 Å². The van der Waals surface area contributed by atoms with Crippen LogP contribution >= 0.6 is 12.2 Å². The summed E-state index contributed by atoms with van der Waals surface area (Å²) in [6.45, 7) is 5.61. The van der Waals surface area contributed by atoms with Crippen molar-refractivity contribution in [3.63, 3.8) is 0 Å². The molecule has 0 aliphatic carbocycles. The number of nitrogens with one attached hydrogen (secondary N) is 2. The van der Waals surface area contributed by atoms with Gasteiger partial charge in [-0.3, -0.25) is 0 Å². The highest BCUT2D eigenvalue weighted by Gasteiger charge is 2.00. The van der Waals surface area contributed by atoms with Gasteiger partial charge in [-0.15, -0.1) is 6.58 Å². The standard InChI is InChI=1S/C11H14N2OS/c1-3-8(2)12-11(15)13-9-4-6-10(14)7-5-9/h3-8,14H,1H2,2H3,(H2,12,13,15). The maximum absolute atomic E-state index is 9.08. The lowest BCUT2D eigenvalue weighted by Crippen LogP contribution is -2.34. The first-order valence-corrected chi connectivity index (χ1v) is 5.01. The summed E-state index contributed by atoms with van der Waals surface area (Å²) >= 11 is 5.08. The van der Waals surface area contributed by atoms with Crippen LogP contribution in [0.1, 0.15) is 6.92 Å². The third kappa shape index (κ3) is 3.99. The molecular formula is C11H14N2OS. The van der Waals surface area contributed by atoms with Gasteiger partial charge >= 0.3 is 0 Å². The van der Waals surface area contributed by atoms with Crippen molar-refractivity contribution in [3.05, 3.63) is 36.9 Å². The normalized spacial score (nSPS) is 11.5. The first kappa shape index (κ1) is 11.5. The average molecular weight is 222 g/mol. The van der Waals surface area contributed by atoms with Crippen LogP contribution in [0.4, 0.5) is 5.69 Å². The number of rotatable bonds is 3. The zero-order valence-electron chi connectivity index (χ0n) is 8.53. The van der Waals surface area contributed by atoms with Crippen LogP contribution in [0.2, 0.25) is 0 Å². The molecule has 0 bridgehead atoms. The average Bonchev–Trinajstić information content (AvgIpc) is 2.21. The van der Waals surface area contributed by atoms with Crippen LogP contribution in [0.3, 0.4) is 0 Å². The van der Waals surface area contributed by atoms with E-state index < -0.39 is 0 Å². The molecule has 1 unspecified atom stereocenters. The summed E-state index contributed by atoms with van der Waals surface area (Å²) in [4.78, 5) is 0. The van der Waals surface area contributed by atoms with Crippen LogP contribution in [0.25, 0.3) is 0 Å². The fourth-order valence-electron chi connectivity index (χ4n) is 0.978. The molecule has 80 valence electrons. The number of thiocarbonyl (C=S) groups is 1. The molecule has 0 aromatic heterocycles. The molecule has 0 saturated heterocycles. The maximum Gasteiger partial charge on any atom is 0.171 e. The van der Waals surface area contributed by atoms with Crippen molar-refractivity contribution in [2.24, 2.45) is 0 Å². The predicted octanol–water partition coefficient (Wildman–Crippen LogP) is 2.25. The highest BCUT2D eigenvalue weighted by Crippen LogP contribution is 2.13. The monoisotopic (exact) mass is 222 g/mol. The molecule has 1 rings (SSSR count). The van der Waals surface area contributed by atoms with Crippen LogP contribution in [-0.4, -0.2) is 16.3 Å². The van der Waals surface area contributed by atoms with Crippen molar-refractivity contribution in [2.75, 3.05) is 5.32 Å². The van der Waals surface area contributed by atoms with Gasteiger partial charge in [0.2, 0.25) is 0 Å². The molecule has 3 nitrogen and oxygen atoms in total. The Morgan fingerprint density at radius 3 is 2.60 bits per heavy atom. The Hall–Kier alpha value is -1.55. The zero-order chi connectivity index (χ0) is 11.3. The lowest BCUT2D eigenvalue weighted by atomic mass is 10.3. The SMILES string of the molecule is C=CC(C)NC(=S)Nc1ccc(O)cc1. The van der Waals surface area contributed by atoms with Crippen LogP contribution in [0, 0.1) is 0 Å². The fraction of sp³-hybridized carbons (Fsp3) is 0.182. The van der Waals surface area contributed by atoms with Crippen LogP contribution in [0.5, 0.6) is 5.75 Å². The third-order valence-electron chi connectivity index (χ3n) is 1.84. The van der Waals surface area contributed by atoms with Gasteiger partial charge in [0.1, 0.15) is 5.75 Å². The number of benzene rings is 1. The number of phenols is 1. The van der Waals surface area contributed by atoms with E-state index >= 15 is 0 Å². The van der Waals surface area contributed by atoms with E-state index in [1.165, 1.54) is 0 Å². The minimum atomic E-state index is 0.127. The van der Waals surface area contributed by atoms with Crippen LogP contribution in [0.15, 0.2) is 36.9 Å². The smallest absolute Gasteiger partial charge is 0.171 e. The molecule has 3 N–H and O–H groups in total. The van der Waals surface area contributed by atoms with Gasteiger partial charge in [0.25, 0.3) is 0 Å². The van der Waals surface area contributed by atoms with Gasteiger partial charge in [-0.25, -0.2) is 0 Å². The van der Waals surface area contributed by atoms with Crippen molar-refractivity contribution in [3.8, 4) is 5.75 Å². The Morgan fingerprint density at radius 1 is 1.47 bits per heavy atom. The molecule has 4 heteroatoms. The molecule has 0 aliphatic rings. The predicted molar refractivity (Wildman–Crippen MR) is 67.1 cm³/mol. The summed E-state index contributed by atoms with van der Waals surface area (Å²) in [6, 6.07) is 6.83. The number of hydrogen-bond donors (Lipinski definition) is 3. The Bertz CT molecular complexity index is 348. The topological polar surface area (TPSA) is 44.3 Å². The summed E-state index contributed by atoms with van der Waals surface area (Å²) in [7, 11) is 0. The minimum absolute atomic E-state index is 0.127. The van der Waals surface area contributed by atoms with E-state index in [9.17, 15) is 0 Å². The largest absolute Gasteiger partial charge is 0.508 e. The van der Waals surface area contributed by atoms with Crippen molar-refractivity contribution in [2.45, 2.75) is 13.0 Å². The van der Waals surface area contributed by atoms with Crippen LogP contribution < -0.4 is 10.6 Å². The lowest BCUT2D eigenvalue weighted by molar-refractivity contribution is 0.475.